The minimum absolute atomic E-state index is 0.00373. The summed E-state index contributed by atoms with van der Waals surface area (Å²) in [5.74, 6) is -0.117. The van der Waals surface area contributed by atoms with Gasteiger partial charge in [-0.3, -0.25) is 4.79 Å². The van der Waals surface area contributed by atoms with Crippen molar-refractivity contribution in [2.24, 2.45) is 0 Å². The minimum atomic E-state index is -4.91. The summed E-state index contributed by atoms with van der Waals surface area (Å²) in [7, 11) is -4.73. The number of carbonyl (C=O) groups is 1. The molecule has 30 heavy (non-hydrogen) atoms. The molecule has 1 aliphatic heterocycles. The second-order valence-electron chi connectivity index (χ2n) is 6.66. The Bertz CT molecular complexity index is 1030. The number of piperazine rings is 1. The highest BCUT2D eigenvalue weighted by Gasteiger charge is 2.38. The lowest BCUT2D eigenvalue weighted by atomic mass is 10.2. The van der Waals surface area contributed by atoms with Crippen molar-refractivity contribution in [2.75, 3.05) is 31.1 Å². The summed E-state index contributed by atoms with van der Waals surface area (Å²) in [6, 6.07) is 8.32. The Kier molecular flexibility index (Phi) is 6.19. The topological polar surface area (TPSA) is 66.9 Å². The average Bonchev–Trinajstić information content (AvgIpc) is 2.67. The number of nitrogens with zero attached hydrogens (tertiary/aromatic N) is 2. The Hall–Kier alpha value is -2.46. The first-order chi connectivity index (χ1) is 14.0. The Morgan fingerprint density at radius 1 is 1.03 bits per heavy atom. The van der Waals surface area contributed by atoms with Crippen LogP contribution < -0.4 is 9.08 Å². The zero-order chi connectivity index (χ0) is 22.1. The minimum Gasteiger partial charge on any atom is -0.379 e. The molecular formula is C19H18ClF3N2O4S. The van der Waals surface area contributed by atoms with E-state index < -0.39 is 26.8 Å². The van der Waals surface area contributed by atoms with Crippen LogP contribution in [-0.2, 0) is 21.1 Å². The number of anilines is 1. The Morgan fingerprint density at radius 3 is 2.17 bits per heavy atom. The molecule has 0 unspecified atom stereocenters. The number of hydrogen-bond donors (Lipinski definition) is 0. The van der Waals surface area contributed by atoms with Gasteiger partial charge < -0.3 is 14.0 Å². The predicted molar refractivity (Wildman–Crippen MR) is 105 cm³/mol. The van der Waals surface area contributed by atoms with Crippen molar-refractivity contribution in [3.8, 4) is 5.75 Å². The van der Waals surface area contributed by atoms with E-state index >= 15 is 0 Å². The third kappa shape index (κ3) is 4.99. The van der Waals surface area contributed by atoms with Crippen molar-refractivity contribution < 1.29 is 30.6 Å². The molecule has 1 fully saturated rings. The normalized spacial score (nSPS) is 15.2. The second-order valence-corrected chi connectivity index (χ2v) is 8.61. The van der Waals surface area contributed by atoms with Crippen LogP contribution in [0.25, 0.3) is 0 Å². The van der Waals surface area contributed by atoms with Gasteiger partial charge in [-0.2, -0.15) is 21.6 Å². The fourth-order valence-corrected chi connectivity index (χ4v) is 4.41. The molecule has 0 aromatic heterocycles. The van der Waals surface area contributed by atoms with Crippen molar-refractivity contribution in [3.05, 3.63) is 53.1 Å². The molecule has 1 saturated heterocycles. The summed E-state index contributed by atoms with van der Waals surface area (Å²) in [4.78, 5) is 14.1. The van der Waals surface area contributed by atoms with E-state index in [1.807, 2.05) is 4.90 Å². The fraction of sp³-hybridized carbons (Fsp3) is 0.316. The zero-order valence-electron chi connectivity index (χ0n) is 15.8. The van der Waals surface area contributed by atoms with Gasteiger partial charge in [0, 0.05) is 43.8 Å². The van der Waals surface area contributed by atoms with Crippen molar-refractivity contribution in [1.29, 1.82) is 0 Å². The molecule has 0 aliphatic carbocycles. The van der Waals surface area contributed by atoms with Crippen LogP contribution in [-0.4, -0.2) is 45.4 Å². The summed E-state index contributed by atoms with van der Waals surface area (Å²) in [6.07, 6.45) is -4.91. The van der Waals surface area contributed by atoms with E-state index in [2.05, 4.69) is 0 Å². The van der Waals surface area contributed by atoms with Crippen LogP contribution in [0, 0.1) is 0 Å². The maximum atomic E-state index is 13.2. The monoisotopic (exact) mass is 462 g/mol. The summed E-state index contributed by atoms with van der Waals surface area (Å²) in [5.41, 5.74) is -0.611. The number of halogens is 4. The molecular weight excluding hydrogens is 445 g/mol. The number of carbonyl (C=O) groups excluding carboxylic acids is 1. The summed E-state index contributed by atoms with van der Waals surface area (Å²) in [6.45, 7) is 3.86. The van der Waals surface area contributed by atoms with E-state index in [9.17, 15) is 26.4 Å². The number of alkyl halides is 3. The molecule has 3 rings (SSSR count). The molecule has 11 heteroatoms. The van der Waals surface area contributed by atoms with Gasteiger partial charge in [-0.25, -0.2) is 0 Å². The summed E-state index contributed by atoms with van der Waals surface area (Å²) in [5, 5.41) is -0.240. The van der Waals surface area contributed by atoms with Gasteiger partial charge in [-0.15, -0.1) is 0 Å². The highest BCUT2D eigenvalue weighted by atomic mass is 35.5. The summed E-state index contributed by atoms with van der Waals surface area (Å²) >= 11 is 5.59. The number of amides is 1. The predicted octanol–water partition coefficient (Wildman–Crippen LogP) is 3.80. The van der Waals surface area contributed by atoms with Crippen LogP contribution in [0.1, 0.15) is 12.5 Å². The second kappa shape index (κ2) is 8.35. The number of hydrogen-bond acceptors (Lipinski definition) is 5. The SMILES string of the molecule is CC(=O)N1CCN(c2ccc(OS(=O)(=O)c3ccc(Cl)cc3C(F)(F)F)cc2)CC1. The lowest BCUT2D eigenvalue weighted by Crippen LogP contribution is -2.48. The summed E-state index contributed by atoms with van der Waals surface area (Å²) < 4.78 is 69.5. The molecule has 1 aliphatic rings. The van der Waals surface area contributed by atoms with E-state index in [0.29, 0.717) is 32.2 Å². The standard InChI is InChI=1S/C19H18ClF3N2O4S/c1-13(26)24-8-10-25(11-9-24)15-3-5-16(6-4-15)29-30(27,28)18-7-2-14(20)12-17(18)19(21,22)23/h2-7,12H,8-11H2,1H3. The van der Waals surface area contributed by atoms with Gasteiger partial charge in [0.2, 0.25) is 5.91 Å². The molecule has 0 saturated carbocycles. The molecule has 6 nitrogen and oxygen atoms in total. The molecule has 0 atom stereocenters. The largest absolute Gasteiger partial charge is 0.417 e. The maximum absolute atomic E-state index is 13.2. The molecule has 0 spiro atoms. The lowest BCUT2D eigenvalue weighted by molar-refractivity contribution is -0.140. The molecule has 2 aromatic rings. The van der Waals surface area contributed by atoms with Crippen molar-refractivity contribution in [2.45, 2.75) is 18.0 Å². The van der Waals surface area contributed by atoms with E-state index in [1.54, 1.807) is 17.0 Å². The van der Waals surface area contributed by atoms with E-state index in [-0.39, 0.29) is 16.7 Å². The van der Waals surface area contributed by atoms with Crippen LogP contribution in [0.5, 0.6) is 5.75 Å². The van der Waals surface area contributed by atoms with Crippen molar-refractivity contribution in [1.82, 2.24) is 4.90 Å². The van der Waals surface area contributed by atoms with Gasteiger partial charge in [0.25, 0.3) is 0 Å². The quantitative estimate of drug-likeness (QED) is 0.647. The van der Waals surface area contributed by atoms with Gasteiger partial charge in [-0.1, -0.05) is 11.6 Å². The maximum Gasteiger partial charge on any atom is 0.417 e. The van der Waals surface area contributed by atoms with Gasteiger partial charge in [0.15, 0.2) is 0 Å². The zero-order valence-corrected chi connectivity index (χ0v) is 17.4. The van der Waals surface area contributed by atoms with Gasteiger partial charge in [0.1, 0.15) is 10.6 Å². The third-order valence-electron chi connectivity index (χ3n) is 4.65. The number of benzene rings is 2. The Balaban J connectivity index is 1.77. The van der Waals surface area contributed by atoms with Crippen molar-refractivity contribution in [3.63, 3.8) is 0 Å². The van der Waals surface area contributed by atoms with Crippen molar-refractivity contribution >= 4 is 33.3 Å². The fourth-order valence-electron chi connectivity index (χ4n) is 3.11. The molecule has 1 heterocycles. The van der Waals surface area contributed by atoms with E-state index in [4.69, 9.17) is 15.8 Å². The van der Waals surface area contributed by atoms with E-state index in [1.165, 1.54) is 19.1 Å². The lowest BCUT2D eigenvalue weighted by Gasteiger charge is -2.35. The first-order valence-electron chi connectivity index (χ1n) is 8.89. The third-order valence-corrected chi connectivity index (χ3v) is 6.19. The molecule has 2 aromatic carbocycles. The van der Waals surface area contributed by atoms with Crippen LogP contribution >= 0.6 is 11.6 Å². The molecule has 0 bridgehead atoms. The van der Waals surface area contributed by atoms with Crippen LogP contribution in [0.4, 0.5) is 18.9 Å². The Labute approximate surface area is 176 Å². The van der Waals surface area contributed by atoms with E-state index in [0.717, 1.165) is 17.8 Å². The van der Waals surface area contributed by atoms with Gasteiger partial charge >= 0.3 is 16.3 Å². The molecule has 162 valence electrons. The first kappa shape index (κ1) is 22.2. The molecule has 1 amide bonds. The number of rotatable bonds is 4. The molecule has 0 radical (unpaired) electrons. The van der Waals surface area contributed by atoms with Gasteiger partial charge in [0.05, 0.1) is 5.56 Å². The Morgan fingerprint density at radius 2 is 1.63 bits per heavy atom. The van der Waals surface area contributed by atoms with Crippen LogP contribution in [0.15, 0.2) is 47.4 Å². The average molecular weight is 463 g/mol. The smallest absolute Gasteiger partial charge is 0.379 e. The first-order valence-corrected chi connectivity index (χ1v) is 10.7. The van der Waals surface area contributed by atoms with Gasteiger partial charge in [-0.05, 0) is 42.5 Å². The highest BCUT2D eigenvalue weighted by Crippen LogP contribution is 2.37. The molecule has 0 N–H and O–H groups in total. The van der Waals surface area contributed by atoms with Crippen LogP contribution in [0.2, 0.25) is 5.02 Å². The highest BCUT2D eigenvalue weighted by molar-refractivity contribution is 7.87. The van der Waals surface area contributed by atoms with Crippen LogP contribution in [0.3, 0.4) is 0 Å².